The molecule has 2 aliphatic heterocycles. The lowest BCUT2D eigenvalue weighted by Crippen LogP contribution is -2.44. The summed E-state index contributed by atoms with van der Waals surface area (Å²) >= 11 is 0. The van der Waals surface area contributed by atoms with E-state index in [2.05, 4.69) is 41.5 Å². The molecule has 0 saturated carbocycles. The van der Waals surface area contributed by atoms with Gasteiger partial charge in [0.1, 0.15) is 5.82 Å². The fourth-order valence-corrected chi connectivity index (χ4v) is 5.69. The van der Waals surface area contributed by atoms with Crippen LogP contribution in [0.1, 0.15) is 50.3 Å². The number of likely N-dealkylation sites (N-methyl/N-ethyl adjacent to an activating group) is 1. The Balaban J connectivity index is 0.000000868. The van der Waals surface area contributed by atoms with Crippen LogP contribution in [0.25, 0.3) is 11.4 Å². The molecule has 1 aromatic heterocycles. The second kappa shape index (κ2) is 10.5. The van der Waals surface area contributed by atoms with Gasteiger partial charge < -0.3 is 20.2 Å². The van der Waals surface area contributed by atoms with E-state index in [0.717, 1.165) is 62.5 Å². The molecule has 1 spiro atoms. The number of carbonyl (C=O) groups is 2. The second-order valence-corrected chi connectivity index (χ2v) is 9.73. The molecule has 0 bridgehead atoms. The molecular formula is C26H35N5O3. The average Bonchev–Trinajstić information content (AvgIpc) is 3.18. The molecule has 34 heavy (non-hydrogen) atoms. The van der Waals surface area contributed by atoms with Crippen molar-refractivity contribution in [1.29, 1.82) is 0 Å². The predicted molar refractivity (Wildman–Crippen MR) is 132 cm³/mol. The van der Waals surface area contributed by atoms with Crippen molar-refractivity contribution in [2.45, 2.75) is 56.9 Å². The topological polar surface area (TPSA) is 98.7 Å². The van der Waals surface area contributed by atoms with Crippen molar-refractivity contribution in [2.75, 3.05) is 38.5 Å². The first-order chi connectivity index (χ1) is 16.5. The van der Waals surface area contributed by atoms with Gasteiger partial charge >= 0.3 is 0 Å². The van der Waals surface area contributed by atoms with E-state index < -0.39 is 0 Å². The number of amides is 1. The molecule has 1 amide bonds. The molecule has 1 unspecified atom stereocenters. The SMILES string of the molecule is CC(=O)N1CCC2(CCc3c(NC4CCCN(C)C4)nc(-c4ccccc4)nc32)CC1.O=CO. The van der Waals surface area contributed by atoms with Crippen LogP contribution in [0.4, 0.5) is 5.82 Å². The number of fused-ring (bicyclic) bond motifs is 2. The highest BCUT2D eigenvalue weighted by Gasteiger charge is 2.44. The molecule has 2 fully saturated rings. The van der Waals surface area contributed by atoms with Crippen LogP contribution in [0.5, 0.6) is 0 Å². The Morgan fingerprint density at radius 3 is 2.50 bits per heavy atom. The maximum atomic E-state index is 11.9. The number of benzene rings is 1. The van der Waals surface area contributed by atoms with Gasteiger partial charge in [0.2, 0.25) is 5.91 Å². The number of nitrogens with one attached hydrogen (secondary N) is 1. The minimum atomic E-state index is -0.250. The van der Waals surface area contributed by atoms with E-state index in [-0.39, 0.29) is 17.8 Å². The van der Waals surface area contributed by atoms with Crippen LogP contribution in [0.3, 0.4) is 0 Å². The highest BCUT2D eigenvalue weighted by Crippen LogP contribution is 2.47. The van der Waals surface area contributed by atoms with Crippen LogP contribution in [-0.4, -0.2) is 76.5 Å². The number of piperidine rings is 2. The molecule has 8 heteroatoms. The van der Waals surface area contributed by atoms with Gasteiger partial charge in [0.05, 0.1) is 5.69 Å². The van der Waals surface area contributed by atoms with Gasteiger partial charge in [-0.2, -0.15) is 0 Å². The standard InChI is InChI=1S/C25H33N5O.CH2O2/c1-18(31)30-15-12-25(13-16-30)11-10-21-22(25)27-23(19-7-4-3-5-8-19)28-24(21)26-20-9-6-14-29(2)17-20;2-1-3/h3-5,7-8,20H,6,9-17H2,1-2H3,(H,26,27,28);1H,(H,2,3). The molecule has 2 saturated heterocycles. The van der Waals surface area contributed by atoms with Crippen molar-refractivity contribution in [3.63, 3.8) is 0 Å². The number of likely N-dealkylation sites (tertiary alicyclic amines) is 2. The fraction of sp³-hybridized carbons (Fsp3) is 0.538. The van der Waals surface area contributed by atoms with Crippen molar-refractivity contribution >= 4 is 18.2 Å². The van der Waals surface area contributed by atoms with Crippen LogP contribution in [-0.2, 0) is 21.4 Å². The van der Waals surface area contributed by atoms with E-state index in [1.165, 1.54) is 30.6 Å². The summed E-state index contributed by atoms with van der Waals surface area (Å²) in [4.78, 5) is 34.8. The van der Waals surface area contributed by atoms with Gasteiger partial charge in [0, 0.05) is 49.1 Å². The van der Waals surface area contributed by atoms with Crippen molar-refractivity contribution in [1.82, 2.24) is 19.8 Å². The van der Waals surface area contributed by atoms with Crippen molar-refractivity contribution in [2.24, 2.45) is 0 Å². The van der Waals surface area contributed by atoms with Gasteiger partial charge in [-0.3, -0.25) is 9.59 Å². The van der Waals surface area contributed by atoms with Gasteiger partial charge in [-0.05, 0) is 52.1 Å². The summed E-state index contributed by atoms with van der Waals surface area (Å²) in [7, 11) is 2.20. The first kappa shape index (κ1) is 24.1. The quantitative estimate of drug-likeness (QED) is 0.672. The third-order valence-electron chi connectivity index (χ3n) is 7.53. The molecule has 182 valence electrons. The zero-order valence-electron chi connectivity index (χ0n) is 20.2. The minimum absolute atomic E-state index is 0.0769. The summed E-state index contributed by atoms with van der Waals surface area (Å²) in [5.41, 5.74) is 3.69. The average molecular weight is 466 g/mol. The molecule has 1 atom stereocenters. The van der Waals surface area contributed by atoms with Gasteiger partial charge in [0.15, 0.2) is 5.82 Å². The number of hydrogen-bond acceptors (Lipinski definition) is 6. The Morgan fingerprint density at radius 1 is 1.15 bits per heavy atom. The normalized spacial score (nSPS) is 21.4. The molecule has 5 rings (SSSR count). The number of rotatable bonds is 3. The molecule has 8 nitrogen and oxygen atoms in total. The van der Waals surface area contributed by atoms with Crippen molar-refractivity contribution < 1.29 is 14.7 Å². The van der Waals surface area contributed by atoms with Crippen LogP contribution in [0.15, 0.2) is 30.3 Å². The number of carboxylic acid groups (broad SMARTS) is 1. The largest absolute Gasteiger partial charge is 0.483 e. The number of carbonyl (C=O) groups excluding carboxylic acids is 1. The van der Waals surface area contributed by atoms with Crippen LogP contribution < -0.4 is 5.32 Å². The zero-order chi connectivity index (χ0) is 24.1. The Bertz CT molecular complexity index is 1000. The molecule has 1 aromatic carbocycles. The summed E-state index contributed by atoms with van der Waals surface area (Å²) in [5.74, 6) is 2.04. The summed E-state index contributed by atoms with van der Waals surface area (Å²) in [6.07, 6.45) is 6.53. The van der Waals surface area contributed by atoms with E-state index in [1.54, 1.807) is 6.92 Å². The summed E-state index contributed by atoms with van der Waals surface area (Å²) in [6.45, 7) is 5.31. The predicted octanol–water partition coefficient (Wildman–Crippen LogP) is 3.18. The van der Waals surface area contributed by atoms with E-state index in [1.807, 2.05) is 11.0 Å². The van der Waals surface area contributed by atoms with E-state index in [0.29, 0.717) is 6.04 Å². The van der Waals surface area contributed by atoms with Gasteiger partial charge in [-0.1, -0.05) is 30.3 Å². The highest BCUT2D eigenvalue weighted by molar-refractivity contribution is 5.73. The van der Waals surface area contributed by atoms with Crippen molar-refractivity contribution in [3.05, 3.63) is 41.6 Å². The lowest BCUT2D eigenvalue weighted by Gasteiger charge is -2.39. The summed E-state index contributed by atoms with van der Waals surface area (Å²) in [5, 5.41) is 10.7. The number of hydrogen-bond donors (Lipinski definition) is 2. The number of aromatic nitrogens is 2. The summed E-state index contributed by atoms with van der Waals surface area (Å²) in [6, 6.07) is 10.8. The second-order valence-electron chi connectivity index (χ2n) is 9.73. The van der Waals surface area contributed by atoms with Crippen LogP contribution in [0, 0.1) is 0 Å². The zero-order valence-corrected chi connectivity index (χ0v) is 20.2. The first-order valence-corrected chi connectivity index (χ1v) is 12.2. The molecule has 1 aliphatic carbocycles. The highest BCUT2D eigenvalue weighted by atomic mass is 16.3. The van der Waals surface area contributed by atoms with Crippen LogP contribution >= 0.6 is 0 Å². The molecule has 2 N–H and O–H groups in total. The van der Waals surface area contributed by atoms with Gasteiger partial charge in [0.25, 0.3) is 6.47 Å². The van der Waals surface area contributed by atoms with Crippen LogP contribution in [0.2, 0.25) is 0 Å². The van der Waals surface area contributed by atoms with Gasteiger partial charge in [-0.15, -0.1) is 0 Å². The maximum Gasteiger partial charge on any atom is 0.290 e. The smallest absolute Gasteiger partial charge is 0.290 e. The monoisotopic (exact) mass is 465 g/mol. The minimum Gasteiger partial charge on any atom is -0.483 e. The molecule has 3 heterocycles. The Labute approximate surface area is 201 Å². The van der Waals surface area contributed by atoms with E-state index in [4.69, 9.17) is 19.9 Å². The fourth-order valence-electron chi connectivity index (χ4n) is 5.69. The van der Waals surface area contributed by atoms with E-state index in [9.17, 15) is 4.79 Å². The lowest BCUT2D eigenvalue weighted by atomic mass is 9.76. The third-order valence-corrected chi connectivity index (χ3v) is 7.53. The molecular weight excluding hydrogens is 430 g/mol. The molecule has 0 radical (unpaired) electrons. The number of nitrogens with zero attached hydrogens (tertiary/aromatic N) is 4. The van der Waals surface area contributed by atoms with E-state index >= 15 is 0 Å². The van der Waals surface area contributed by atoms with Crippen molar-refractivity contribution in [3.8, 4) is 11.4 Å². The first-order valence-electron chi connectivity index (χ1n) is 12.2. The molecule has 2 aromatic rings. The number of anilines is 1. The maximum absolute atomic E-state index is 11.9. The Kier molecular flexibility index (Phi) is 7.46. The third kappa shape index (κ3) is 5.06. The molecule has 3 aliphatic rings. The lowest BCUT2D eigenvalue weighted by molar-refractivity contribution is -0.130. The Morgan fingerprint density at radius 2 is 1.85 bits per heavy atom. The summed E-state index contributed by atoms with van der Waals surface area (Å²) < 4.78 is 0. The van der Waals surface area contributed by atoms with Gasteiger partial charge in [-0.25, -0.2) is 9.97 Å². The Hall–Kier alpha value is -3.00.